The summed E-state index contributed by atoms with van der Waals surface area (Å²) in [5.74, 6) is -0.684. The number of thiazole rings is 1. The van der Waals surface area contributed by atoms with Crippen LogP contribution in [0.25, 0.3) is 10.7 Å². The van der Waals surface area contributed by atoms with E-state index < -0.39 is 0 Å². The van der Waals surface area contributed by atoms with Crippen molar-refractivity contribution in [2.45, 2.75) is 26.8 Å². The van der Waals surface area contributed by atoms with Gasteiger partial charge in [-0.15, -0.1) is 11.3 Å². The molecule has 27 heavy (non-hydrogen) atoms. The second-order valence-corrected chi connectivity index (χ2v) is 7.47. The van der Waals surface area contributed by atoms with Gasteiger partial charge >= 0.3 is 0 Å². The zero-order chi connectivity index (χ0) is 19.6. The Morgan fingerprint density at radius 2 is 2.04 bits per heavy atom. The third-order valence-electron chi connectivity index (χ3n) is 4.25. The van der Waals surface area contributed by atoms with E-state index in [1.807, 2.05) is 44.0 Å². The average molecular weight is 384 g/mol. The second kappa shape index (κ2) is 7.84. The number of aromatic nitrogens is 2. The van der Waals surface area contributed by atoms with Gasteiger partial charge in [0.1, 0.15) is 15.7 Å². The molecule has 7 heteroatoms. The Bertz CT molecular complexity index is 956. The quantitative estimate of drug-likeness (QED) is 0.690. The Labute approximate surface area is 161 Å². The maximum absolute atomic E-state index is 14.4. The molecule has 0 saturated carbocycles. The lowest BCUT2D eigenvalue weighted by Gasteiger charge is -2.24. The first-order chi connectivity index (χ1) is 12.9. The maximum atomic E-state index is 14.4. The zero-order valence-electron chi connectivity index (χ0n) is 15.7. The normalized spacial score (nSPS) is 10.9. The van der Waals surface area contributed by atoms with Gasteiger partial charge in [-0.3, -0.25) is 9.78 Å². The minimum Gasteiger partial charge on any atom is -0.370 e. The van der Waals surface area contributed by atoms with E-state index in [2.05, 4.69) is 15.3 Å². The van der Waals surface area contributed by atoms with E-state index in [1.165, 1.54) is 17.4 Å². The molecule has 1 amide bonds. The van der Waals surface area contributed by atoms with Crippen LogP contribution in [0.1, 0.15) is 29.2 Å². The van der Waals surface area contributed by atoms with Crippen LogP contribution in [-0.2, 0) is 0 Å². The van der Waals surface area contributed by atoms with Gasteiger partial charge in [-0.25, -0.2) is 9.37 Å². The fourth-order valence-corrected chi connectivity index (χ4v) is 3.48. The van der Waals surface area contributed by atoms with Crippen LogP contribution in [0.5, 0.6) is 0 Å². The Morgan fingerprint density at radius 1 is 1.26 bits per heavy atom. The number of carbonyl (C=O) groups is 1. The van der Waals surface area contributed by atoms with Crippen LogP contribution in [0.15, 0.2) is 42.6 Å². The van der Waals surface area contributed by atoms with E-state index in [1.54, 1.807) is 25.3 Å². The van der Waals surface area contributed by atoms with Gasteiger partial charge in [0.15, 0.2) is 0 Å². The molecule has 0 bridgehead atoms. The SMILES string of the molecule is Cc1nc(-c2ccccn2)sc1C(=O)Nc1ccc(N(C)C(C)C)c(F)c1. The van der Waals surface area contributed by atoms with Crippen molar-refractivity contribution in [3.8, 4) is 10.7 Å². The molecule has 2 heterocycles. The van der Waals surface area contributed by atoms with Crippen molar-refractivity contribution in [3.05, 3.63) is 59.0 Å². The van der Waals surface area contributed by atoms with Crippen molar-refractivity contribution in [3.63, 3.8) is 0 Å². The monoisotopic (exact) mass is 384 g/mol. The number of aryl methyl sites for hydroxylation is 1. The van der Waals surface area contributed by atoms with Crippen LogP contribution in [0.4, 0.5) is 15.8 Å². The number of nitrogens with zero attached hydrogens (tertiary/aromatic N) is 3. The van der Waals surface area contributed by atoms with Gasteiger partial charge in [0.05, 0.1) is 17.1 Å². The van der Waals surface area contributed by atoms with Crippen molar-refractivity contribution in [1.82, 2.24) is 9.97 Å². The molecule has 1 aromatic carbocycles. The molecule has 3 aromatic rings. The van der Waals surface area contributed by atoms with Crippen LogP contribution >= 0.6 is 11.3 Å². The number of anilines is 2. The third-order valence-corrected chi connectivity index (χ3v) is 5.43. The van der Waals surface area contributed by atoms with E-state index in [4.69, 9.17) is 0 Å². The number of carbonyl (C=O) groups excluding carboxylic acids is 1. The molecule has 0 atom stereocenters. The highest BCUT2D eigenvalue weighted by Gasteiger charge is 2.18. The van der Waals surface area contributed by atoms with Crippen LogP contribution < -0.4 is 10.2 Å². The molecule has 5 nitrogen and oxygen atoms in total. The predicted molar refractivity (Wildman–Crippen MR) is 108 cm³/mol. The number of hydrogen-bond donors (Lipinski definition) is 1. The number of halogens is 1. The van der Waals surface area contributed by atoms with E-state index in [0.29, 0.717) is 27.0 Å². The van der Waals surface area contributed by atoms with Gasteiger partial charge in [-0.1, -0.05) is 6.07 Å². The van der Waals surface area contributed by atoms with Crippen LogP contribution in [0, 0.1) is 12.7 Å². The predicted octanol–water partition coefficient (Wildman–Crippen LogP) is 4.75. The maximum Gasteiger partial charge on any atom is 0.267 e. The average Bonchev–Trinajstić information content (AvgIpc) is 3.04. The summed E-state index contributed by atoms with van der Waals surface area (Å²) in [6, 6.07) is 10.4. The smallest absolute Gasteiger partial charge is 0.267 e. The summed E-state index contributed by atoms with van der Waals surface area (Å²) in [6.45, 7) is 5.75. The fraction of sp³-hybridized carbons (Fsp3) is 0.250. The summed E-state index contributed by atoms with van der Waals surface area (Å²) in [6.07, 6.45) is 1.68. The molecule has 3 rings (SSSR count). The molecule has 0 unspecified atom stereocenters. The Hall–Kier alpha value is -2.80. The van der Waals surface area contributed by atoms with Gasteiger partial charge in [0.25, 0.3) is 5.91 Å². The standard InChI is InChI=1S/C20H21FN4OS/c1-12(2)25(4)17-9-8-14(11-15(17)21)24-19(26)18-13(3)23-20(27-18)16-7-5-6-10-22-16/h5-12H,1-4H3,(H,24,26). The van der Waals surface area contributed by atoms with E-state index in [-0.39, 0.29) is 17.8 Å². The first kappa shape index (κ1) is 19.0. The summed E-state index contributed by atoms with van der Waals surface area (Å²) in [5.41, 5.74) is 2.24. The summed E-state index contributed by atoms with van der Waals surface area (Å²) in [5, 5.41) is 3.43. The van der Waals surface area contributed by atoms with Gasteiger partial charge in [0.2, 0.25) is 0 Å². The first-order valence-corrected chi connectivity index (χ1v) is 9.41. The molecule has 0 aliphatic rings. The van der Waals surface area contributed by atoms with Crippen molar-refractivity contribution in [1.29, 1.82) is 0 Å². The number of benzene rings is 1. The van der Waals surface area contributed by atoms with Gasteiger partial charge in [0, 0.05) is 25.0 Å². The summed E-state index contributed by atoms with van der Waals surface area (Å²) < 4.78 is 14.4. The molecule has 0 aliphatic carbocycles. The largest absolute Gasteiger partial charge is 0.370 e. The minimum atomic E-state index is -0.376. The number of rotatable bonds is 5. The molecular formula is C20H21FN4OS. The number of amides is 1. The zero-order valence-corrected chi connectivity index (χ0v) is 16.5. The van der Waals surface area contributed by atoms with Crippen molar-refractivity contribution in [2.75, 3.05) is 17.3 Å². The highest BCUT2D eigenvalue weighted by atomic mass is 32.1. The Kier molecular flexibility index (Phi) is 5.51. The van der Waals surface area contributed by atoms with Crippen molar-refractivity contribution < 1.29 is 9.18 Å². The Morgan fingerprint density at radius 3 is 2.67 bits per heavy atom. The molecule has 1 N–H and O–H groups in total. The highest BCUT2D eigenvalue weighted by molar-refractivity contribution is 7.17. The number of nitrogens with one attached hydrogen (secondary N) is 1. The first-order valence-electron chi connectivity index (χ1n) is 8.59. The molecule has 0 spiro atoms. The molecule has 0 radical (unpaired) electrons. The summed E-state index contributed by atoms with van der Waals surface area (Å²) in [4.78, 5) is 23.6. The third kappa shape index (κ3) is 4.14. The molecule has 0 aliphatic heterocycles. The lowest BCUT2D eigenvalue weighted by atomic mass is 10.2. The summed E-state index contributed by atoms with van der Waals surface area (Å²) in [7, 11) is 1.83. The van der Waals surface area contributed by atoms with Gasteiger partial charge in [-0.05, 0) is 51.1 Å². The van der Waals surface area contributed by atoms with Crippen molar-refractivity contribution in [2.24, 2.45) is 0 Å². The molecule has 140 valence electrons. The molecule has 2 aromatic heterocycles. The molecule has 0 fully saturated rings. The summed E-state index contributed by atoms with van der Waals surface area (Å²) >= 11 is 1.27. The van der Waals surface area contributed by atoms with E-state index >= 15 is 0 Å². The molecular weight excluding hydrogens is 363 g/mol. The fourth-order valence-electron chi connectivity index (χ4n) is 2.54. The second-order valence-electron chi connectivity index (χ2n) is 6.47. The number of pyridine rings is 1. The van der Waals surface area contributed by atoms with Gasteiger partial charge in [-0.2, -0.15) is 0 Å². The van der Waals surface area contributed by atoms with Gasteiger partial charge < -0.3 is 10.2 Å². The number of hydrogen-bond acceptors (Lipinski definition) is 5. The lowest BCUT2D eigenvalue weighted by Crippen LogP contribution is -2.26. The van der Waals surface area contributed by atoms with Crippen LogP contribution in [0.2, 0.25) is 0 Å². The Balaban J connectivity index is 1.80. The molecule has 0 saturated heterocycles. The minimum absolute atomic E-state index is 0.171. The van der Waals surface area contributed by atoms with Crippen LogP contribution in [0.3, 0.4) is 0 Å². The van der Waals surface area contributed by atoms with E-state index in [9.17, 15) is 9.18 Å². The van der Waals surface area contributed by atoms with Crippen molar-refractivity contribution >= 4 is 28.6 Å². The van der Waals surface area contributed by atoms with Crippen LogP contribution in [-0.4, -0.2) is 29.0 Å². The topological polar surface area (TPSA) is 58.1 Å². The highest BCUT2D eigenvalue weighted by Crippen LogP contribution is 2.28. The van der Waals surface area contributed by atoms with E-state index in [0.717, 1.165) is 5.69 Å². The lowest BCUT2D eigenvalue weighted by molar-refractivity contribution is 0.103.